The molecule has 2 atom stereocenters. The lowest BCUT2D eigenvalue weighted by atomic mass is 10.0. The Morgan fingerprint density at radius 2 is 2.18 bits per heavy atom. The first-order valence-corrected chi connectivity index (χ1v) is 9.52. The molecular formula is C17H26N2O2S. The molecule has 1 heterocycles. The summed E-state index contributed by atoms with van der Waals surface area (Å²) in [5.74, 6) is 4.38. The molecule has 2 rings (SSSR count). The third kappa shape index (κ3) is 4.11. The maximum Gasteiger partial charge on any atom is 0.219 e. The van der Waals surface area contributed by atoms with Crippen LogP contribution in [-0.2, 0) is 14.5 Å². The summed E-state index contributed by atoms with van der Waals surface area (Å²) in [6.45, 7) is 7.20. The second-order valence-corrected chi connectivity index (χ2v) is 8.38. The summed E-state index contributed by atoms with van der Waals surface area (Å²) >= 11 is 0. The molecule has 0 radical (unpaired) electrons. The minimum Gasteiger partial charge on any atom is -0.341 e. The van der Waals surface area contributed by atoms with Gasteiger partial charge in [-0.15, -0.1) is 0 Å². The molecule has 5 heteroatoms. The zero-order chi connectivity index (χ0) is 16.3. The van der Waals surface area contributed by atoms with Crippen LogP contribution < -0.4 is 4.72 Å². The maximum absolute atomic E-state index is 13.0. The molecule has 1 aromatic carbocycles. The average Bonchev–Trinajstić information content (AvgIpc) is 2.47. The second-order valence-electron chi connectivity index (χ2n) is 6.32. The van der Waals surface area contributed by atoms with Gasteiger partial charge in [0.2, 0.25) is 5.91 Å². The molecule has 2 unspecified atom stereocenters. The molecule has 0 aliphatic carbocycles. The highest BCUT2D eigenvalue weighted by Crippen LogP contribution is 2.20. The van der Waals surface area contributed by atoms with E-state index in [1.54, 1.807) is 11.8 Å². The van der Waals surface area contributed by atoms with Gasteiger partial charge in [-0.05, 0) is 42.3 Å². The van der Waals surface area contributed by atoms with Crippen molar-refractivity contribution in [3.8, 4) is 0 Å². The van der Waals surface area contributed by atoms with E-state index in [-0.39, 0.29) is 11.9 Å². The quantitative estimate of drug-likeness (QED) is 0.866. The first-order valence-electron chi connectivity index (χ1n) is 7.79. The molecule has 1 amide bonds. The highest BCUT2D eigenvalue weighted by Gasteiger charge is 2.24. The lowest BCUT2D eigenvalue weighted by Gasteiger charge is -2.33. The van der Waals surface area contributed by atoms with Gasteiger partial charge in [0.05, 0.1) is 9.71 Å². The SMILES string of the molecule is C=S(=O)(NC1CCCN(C(C)=O)C1)c1cccc(C(C)C)c1. The van der Waals surface area contributed by atoms with Gasteiger partial charge in [0.15, 0.2) is 0 Å². The number of nitrogens with zero attached hydrogens (tertiary/aromatic N) is 1. The fraction of sp³-hybridized carbons (Fsp3) is 0.529. The lowest BCUT2D eigenvalue weighted by Crippen LogP contribution is -2.48. The molecule has 1 saturated heterocycles. The number of nitrogens with one attached hydrogen (secondary N) is 1. The smallest absolute Gasteiger partial charge is 0.219 e. The van der Waals surface area contributed by atoms with Crippen LogP contribution in [0.2, 0.25) is 0 Å². The minimum atomic E-state index is -2.55. The molecule has 0 bridgehead atoms. The minimum absolute atomic E-state index is 0.0327. The van der Waals surface area contributed by atoms with E-state index in [1.165, 1.54) is 0 Å². The van der Waals surface area contributed by atoms with Gasteiger partial charge in [-0.2, -0.15) is 0 Å². The Labute approximate surface area is 134 Å². The molecule has 122 valence electrons. The summed E-state index contributed by atoms with van der Waals surface area (Å²) in [6, 6.07) is 7.84. The lowest BCUT2D eigenvalue weighted by molar-refractivity contribution is -0.130. The molecule has 0 saturated carbocycles. The van der Waals surface area contributed by atoms with Gasteiger partial charge in [0.1, 0.15) is 0 Å². The van der Waals surface area contributed by atoms with Gasteiger partial charge < -0.3 is 4.90 Å². The van der Waals surface area contributed by atoms with Crippen molar-refractivity contribution in [3.05, 3.63) is 29.8 Å². The van der Waals surface area contributed by atoms with E-state index in [4.69, 9.17) is 0 Å². The Hall–Kier alpha value is -1.33. The van der Waals surface area contributed by atoms with Gasteiger partial charge in [-0.25, -0.2) is 8.93 Å². The van der Waals surface area contributed by atoms with E-state index < -0.39 is 9.71 Å². The zero-order valence-corrected chi connectivity index (χ0v) is 14.5. The highest BCUT2D eigenvalue weighted by atomic mass is 32.2. The standard InChI is InChI=1S/C17H26N2O2S/c1-13(2)15-7-5-9-17(11-15)22(4,21)18-16-8-6-10-19(12-16)14(3)20/h5,7,9,11,13,16H,4,6,8,10,12H2,1-3H3,(H,18,21). The number of carbonyl (C=O) groups is 1. The number of carbonyl (C=O) groups excluding carboxylic acids is 1. The van der Waals surface area contributed by atoms with E-state index in [0.717, 1.165) is 29.8 Å². The number of amides is 1. The van der Waals surface area contributed by atoms with Crippen molar-refractivity contribution in [2.24, 2.45) is 0 Å². The molecule has 0 spiro atoms. The molecule has 22 heavy (non-hydrogen) atoms. The molecule has 1 fully saturated rings. The Balaban J connectivity index is 2.14. The highest BCUT2D eigenvalue weighted by molar-refractivity contribution is 7.98. The normalized spacial score (nSPS) is 21.6. The summed E-state index contributed by atoms with van der Waals surface area (Å²) in [7, 11) is -2.55. The van der Waals surface area contributed by atoms with Crippen molar-refractivity contribution in [1.29, 1.82) is 0 Å². The van der Waals surface area contributed by atoms with E-state index in [2.05, 4.69) is 24.4 Å². The third-order valence-corrected chi connectivity index (χ3v) is 5.86. The number of piperidine rings is 1. The van der Waals surface area contributed by atoms with Gasteiger partial charge in [0.25, 0.3) is 0 Å². The third-order valence-electron chi connectivity index (χ3n) is 4.13. The van der Waals surface area contributed by atoms with Gasteiger partial charge in [-0.1, -0.05) is 26.0 Å². The number of likely N-dealkylation sites (tertiary alicyclic amines) is 1. The second kappa shape index (κ2) is 6.84. The van der Waals surface area contributed by atoms with Crippen molar-refractivity contribution in [2.45, 2.75) is 50.5 Å². The van der Waals surface area contributed by atoms with Crippen LogP contribution in [0.25, 0.3) is 0 Å². The number of hydrogen-bond acceptors (Lipinski definition) is 2. The van der Waals surface area contributed by atoms with Gasteiger partial charge in [-0.3, -0.25) is 4.79 Å². The van der Waals surface area contributed by atoms with Crippen molar-refractivity contribution < 1.29 is 9.00 Å². The first-order chi connectivity index (χ1) is 10.3. The monoisotopic (exact) mass is 322 g/mol. The van der Waals surface area contributed by atoms with Crippen molar-refractivity contribution in [2.75, 3.05) is 13.1 Å². The van der Waals surface area contributed by atoms with E-state index in [1.807, 2.05) is 24.3 Å². The van der Waals surface area contributed by atoms with E-state index >= 15 is 0 Å². The van der Waals surface area contributed by atoms with E-state index in [9.17, 15) is 9.00 Å². The Morgan fingerprint density at radius 1 is 1.45 bits per heavy atom. The van der Waals surface area contributed by atoms with Crippen LogP contribution in [0.1, 0.15) is 45.1 Å². The van der Waals surface area contributed by atoms with Crippen LogP contribution in [0.3, 0.4) is 0 Å². The van der Waals surface area contributed by atoms with Crippen LogP contribution in [0.4, 0.5) is 0 Å². The van der Waals surface area contributed by atoms with Crippen molar-refractivity contribution in [3.63, 3.8) is 0 Å². The van der Waals surface area contributed by atoms with Crippen LogP contribution in [0, 0.1) is 0 Å². The molecule has 1 N–H and O–H groups in total. The van der Waals surface area contributed by atoms with Crippen LogP contribution in [-0.4, -0.2) is 40.0 Å². The van der Waals surface area contributed by atoms with Crippen molar-refractivity contribution >= 4 is 21.5 Å². The predicted molar refractivity (Wildman–Crippen MR) is 92.5 cm³/mol. The Kier molecular flexibility index (Phi) is 5.29. The van der Waals surface area contributed by atoms with Crippen LogP contribution >= 0.6 is 0 Å². The van der Waals surface area contributed by atoms with Gasteiger partial charge >= 0.3 is 0 Å². The maximum atomic E-state index is 13.0. The first kappa shape index (κ1) is 17.0. The van der Waals surface area contributed by atoms with Crippen molar-refractivity contribution in [1.82, 2.24) is 9.62 Å². The number of rotatable bonds is 4. The predicted octanol–water partition coefficient (Wildman–Crippen LogP) is 2.40. The Bertz CT molecular complexity index is 638. The molecule has 0 aromatic heterocycles. The summed E-state index contributed by atoms with van der Waals surface area (Å²) in [5.41, 5.74) is 1.16. The zero-order valence-electron chi connectivity index (χ0n) is 13.7. The molecule has 1 aromatic rings. The molecule has 4 nitrogen and oxygen atoms in total. The number of benzene rings is 1. The fourth-order valence-electron chi connectivity index (χ4n) is 2.78. The number of hydrogen-bond donors (Lipinski definition) is 1. The molecule has 1 aliphatic heterocycles. The summed E-state index contributed by atoms with van der Waals surface area (Å²) in [6.07, 6.45) is 1.85. The largest absolute Gasteiger partial charge is 0.341 e. The topological polar surface area (TPSA) is 49.4 Å². The summed E-state index contributed by atoms with van der Waals surface area (Å²) < 4.78 is 16.2. The van der Waals surface area contributed by atoms with E-state index in [0.29, 0.717) is 12.5 Å². The summed E-state index contributed by atoms with van der Waals surface area (Å²) in [4.78, 5) is 14.1. The fourth-order valence-corrected chi connectivity index (χ4v) is 4.27. The van der Waals surface area contributed by atoms with Crippen LogP contribution in [0.5, 0.6) is 0 Å². The van der Waals surface area contributed by atoms with Crippen LogP contribution in [0.15, 0.2) is 29.2 Å². The molecule has 1 aliphatic rings. The summed E-state index contributed by atoms with van der Waals surface area (Å²) in [5, 5.41) is 0. The van der Waals surface area contributed by atoms with Gasteiger partial charge in [0, 0.05) is 31.0 Å². The molecular weight excluding hydrogens is 296 g/mol. The average molecular weight is 322 g/mol. The Morgan fingerprint density at radius 3 is 2.82 bits per heavy atom.